The van der Waals surface area contributed by atoms with E-state index >= 15 is 0 Å². The maximum Gasteiger partial charge on any atom is 0.193 e. The van der Waals surface area contributed by atoms with Gasteiger partial charge in [0.05, 0.1) is 19.3 Å². The van der Waals surface area contributed by atoms with Crippen LogP contribution in [0.15, 0.2) is 29.3 Å². The Morgan fingerprint density at radius 2 is 2.11 bits per heavy atom. The molecule has 3 rings (SSSR count). The number of rotatable bonds is 6. The molecule has 6 nitrogen and oxygen atoms in total. The van der Waals surface area contributed by atoms with E-state index in [9.17, 15) is 4.39 Å². The molecule has 0 amide bonds. The highest BCUT2D eigenvalue weighted by Crippen LogP contribution is 2.21. The van der Waals surface area contributed by atoms with E-state index in [0.717, 1.165) is 44.9 Å². The summed E-state index contributed by atoms with van der Waals surface area (Å²) in [6, 6.07) is 6.50. The molecule has 2 heterocycles. The van der Waals surface area contributed by atoms with Crippen molar-refractivity contribution in [3.63, 3.8) is 0 Å². The molecule has 1 N–H and O–H groups in total. The third kappa shape index (κ3) is 6.18. The monoisotopic (exact) mass is 507 g/mol. The predicted molar refractivity (Wildman–Crippen MR) is 118 cm³/mol. The molecule has 0 bridgehead atoms. The SMILES string of the molecule is CCC(CNC(=NC)N1CCOC(C2CCCO2)C1)Oc1ccccc1F.I. The van der Waals surface area contributed by atoms with E-state index in [1.54, 1.807) is 25.2 Å². The number of hydrogen-bond acceptors (Lipinski definition) is 4. The standard InChI is InChI=1S/C20H30FN3O3.HI/c1-3-15(27-17-8-5-4-7-16(17)21)13-23-20(22-2)24-10-12-26-19(14-24)18-9-6-11-25-18;/h4-5,7-8,15,18-19H,3,6,9-14H2,1-2H3,(H,22,23);1H. The summed E-state index contributed by atoms with van der Waals surface area (Å²) in [5, 5.41) is 3.37. The molecular weight excluding hydrogens is 476 g/mol. The average molecular weight is 507 g/mol. The second kappa shape index (κ2) is 11.8. The van der Waals surface area contributed by atoms with Gasteiger partial charge in [-0.1, -0.05) is 19.1 Å². The van der Waals surface area contributed by atoms with Gasteiger partial charge in [0.1, 0.15) is 12.2 Å². The van der Waals surface area contributed by atoms with Gasteiger partial charge >= 0.3 is 0 Å². The first-order valence-corrected chi connectivity index (χ1v) is 9.81. The van der Waals surface area contributed by atoms with Gasteiger partial charge in [-0.3, -0.25) is 4.99 Å². The normalized spacial score (nSPS) is 23.8. The van der Waals surface area contributed by atoms with Crippen LogP contribution < -0.4 is 10.1 Å². The highest BCUT2D eigenvalue weighted by atomic mass is 127. The van der Waals surface area contributed by atoms with Crippen LogP contribution in [0.1, 0.15) is 26.2 Å². The lowest BCUT2D eigenvalue weighted by Crippen LogP contribution is -2.54. The van der Waals surface area contributed by atoms with E-state index < -0.39 is 0 Å². The molecule has 1 aromatic carbocycles. The predicted octanol–water partition coefficient (Wildman–Crippen LogP) is 3.06. The van der Waals surface area contributed by atoms with Crippen LogP contribution in [-0.4, -0.2) is 69.1 Å². The second-order valence-electron chi connectivity index (χ2n) is 6.91. The van der Waals surface area contributed by atoms with Crippen LogP contribution in [0.2, 0.25) is 0 Å². The minimum absolute atomic E-state index is 0. The number of benzene rings is 1. The van der Waals surface area contributed by atoms with E-state index in [1.165, 1.54) is 6.07 Å². The Morgan fingerprint density at radius 3 is 2.79 bits per heavy atom. The van der Waals surface area contributed by atoms with Gasteiger partial charge in [-0.2, -0.15) is 0 Å². The first-order valence-electron chi connectivity index (χ1n) is 9.81. The van der Waals surface area contributed by atoms with Crippen molar-refractivity contribution in [1.82, 2.24) is 10.2 Å². The van der Waals surface area contributed by atoms with Crippen molar-refractivity contribution in [1.29, 1.82) is 0 Å². The van der Waals surface area contributed by atoms with Crippen molar-refractivity contribution in [2.24, 2.45) is 4.99 Å². The quantitative estimate of drug-likeness (QED) is 0.365. The summed E-state index contributed by atoms with van der Waals surface area (Å²) < 4.78 is 31.3. The fraction of sp³-hybridized carbons (Fsp3) is 0.650. The highest BCUT2D eigenvalue weighted by Gasteiger charge is 2.32. The molecule has 158 valence electrons. The summed E-state index contributed by atoms with van der Waals surface area (Å²) >= 11 is 0. The van der Waals surface area contributed by atoms with Crippen molar-refractivity contribution >= 4 is 29.9 Å². The fourth-order valence-electron chi connectivity index (χ4n) is 3.52. The molecule has 1 aromatic rings. The molecule has 3 unspecified atom stereocenters. The van der Waals surface area contributed by atoms with Crippen LogP contribution in [0.4, 0.5) is 4.39 Å². The first kappa shape index (κ1) is 23.2. The van der Waals surface area contributed by atoms with E-state index in [2.05, 4.69) is 15.2 Å². The van der Waals surface area contributed by atoms with Gasteiger partial charge in [-0.15, -0.1) is 24.0 Å². The molecular formula is C20H31FIN3O3. The molecule has 0 aliphatic carbocycles. The van der Waals surface area contributed by atoms with Crippen molar-refractivity contribution in [2.75, 3.05) is 39.9 Å². The molecule has 28 heavy (non-hydrogen) atoms. The number of hydrogen-bond donors (Lipinski definition) is 1. The van der Waals surface area contributed by atoms with E-state index in [0.29, 0.717) is 13.2 Å². The Morgan fingerprint density at radius 1 is 1.32 bits per heavy atom. The summed E-state index contributed by atoms with van der Waals surface area (Å²) in [5.41, 5.74) is 0. The molecule has 2 saturated heterocycles. The number of para-hydroxylation sites is 1. The summed E-state index contributed by atoms with van der Waals surface area (Å²) in [4.78, 5) is 6.61. The van der Waals surface area contributed by atoms with Crippen molar-refractivity contribution in [2.45, 2.75) is 44.5 Å². The Bertz CT molecular complexity index is 628. The van der Waals surface area contributed by atoms with Gasteiger partial charge < -0.3 is 24.4 Å². The summed E-state index contributed by atoms with van der Waals surface area (Å²) in [6.45, 7) is 5.61. The van der Waals surface area contributed by atoms with E-state index in [1.807, 2.05) is 6.92 Å². The van der Waals surface area contributed by atoms with Crippen LogP contribution >= 0.6 is 24.0 Å². The average Bonchev–Trinajstić information content (AvgIpc) is 3.24. The number of ether oxygens (including phenoxy) is 3. The van der Waals surface area contributed by atoms with Crippen LogP contribution in [0.25, 0.3) is 0 Å². The molecule has 2 aliphatic rings. The van der Waals surface area contributed by atoms with E-state index in [4.69, 9.17) is 14.2 Å². The molecule has 3 atom stereocenters. The lowest BCUT2D eigenvalue weighted by molar-refractivity contribution is -0.0817. The smallest absolute Gasteiger partial charge is 0.193 e. The molecule has 0 radical (unpaired) electrons. The highest BCUT2D eigenvalue weighted by molar-refractivity contribution is 14.0. The number of nitrogens with zero attached hydrogens (tertiary/aromatic N) is 2. The number of guanidine groups is 1. The lowest BCUT2D eigenvalue weighted by atomic mass is 10.1. The Kier molecular flexibility index (Phi) is 9.73. The lowest BCUT2D eigenvalue weighted by Gasteiger charge is -2.37. The fourth-order valence-corrected chi connectivity index (χ4v) is 3.52. The van der Waals surface area contributed by atoms with Gasteiger partial charge in [0.15, 0.2) is 17.5 Å². The first-order chi connectivity index (χ1) is 13.2. The molecule has 2 fully saturated rings. The van der Waals surface area contributed by atoms with Crippen molar-refractivity contribution < 1.29 is 18.6 Å². The van der Waals surface area contributed by atoms with Crippen LogP contribution in [-0.2, 0) is 9.47 Å². The minimum atomic E-state index is -0.340. The number of aliphatic imine (C=N–C) groups is 1. The van der Waals surface area contributed by atoms with Crippen LogP contribution in [0, 0.1) is 5.82 Å². The molecule has 0 aromatic heterocycles. The zero-order valence-corrected chi connectivity index (χ0v) is 18.9. The number of halogens is 2. The van der Waals surface area contributed by atoms with Crippen LogP contribution in [0.5, 0.6) is 5.75 Å². The Hall–Kier alpha value is -1.13. The molecule has 2 aliphatic heterocycles. The number of morpholine rings is 1. The van der Waals surface area contributed by atoms with Gasteiger partial charge in [-0.05, 0) is 31.4 Å². The topological polar surface area (TPSA) is 55.3 Å². The Labute approximate surface area is 183 Å². The zero-order chi connectivity index (χ0) is 19.1. The van der Waals surface area contributed by atoms with Gasteiger partial charge in [0.2, 0.25) is 0 Å². The van der Waals surface area contributed by atoms with Gasteiger partial charge in [0, 0.05) is 26.7 Å². The third-order valence-corrected chi connectivity index (χ3v) is 5.06. The van der Waals surface area contributed by atoms with Gasteiger partial charge in [0.25, 0.3) is 0 Å². The summed E-state index contributed by atoms with van der Waals surface area (Å²) in [7, 11) is 1.78. The summed E-state index contributed by atoms with van der Waals surface area (Å²) in [5.74, 6) is 0.760. The van der Waals surface area contributed by atoms with Gasteiger partial charge in [-0.25, -0.2) is 4.39 Å². The van der Waals surface area contributed by atoms with Crippen LogP contribution in [0.3, 0.4) is 0 Å². The third-order valence-electron chi connectivity index (χ3n) is 5.06. The van der Waals surface area contributed by atoms with E-state index in [-0.39, 0.29) is 53.9 Å². The van der Waals surface area contributed by atoms with Crippen molar-refractivity contribution in [3.8, 4) is 5.75 Å². The largest absolute Gasteiger partial charge is 0.486 e. The summed E-state index contributed by atoms with van der Waals surface area (Å²) in [6.07, 6.45) is 3.03. The maximum atomic E-state index is 13.8. The minimum Gasteiger partial charge on any atom is -0.486 e. The second-order valence-corrected chi connectivity index (χ2v) is 6.91. The Balaban J connectivity index is 0.00000280. The maximum absolute atomic E-state index is 13.8. The van der Waals surface area contributed by atoms with Crippen molar-refractivity contribution in [3.05, 3.63) is 30.1 Å². The molecule has 0 saturated carbocycles. The zero-order valence-electron chi connectivity index (χ0n) is 16.6. The molecule has 0 spiro atoms. The molecule has 8 heteroatoms. The number of nitrogens with one attached hydrogen (secondary N) is 1.